The van der Waals surface area contributed by atoms with Crippen LogP contribution in [0.2, 0.25) is 0 Å². The Morgan fingerprint density at radius 1 is 1.09 bits per heavy atom. The van der Waals surface area contributed by atoms with Crippen LogP contribution in [0.15, 0.2) is 47.7 Å². The fraction of sp³-hybridized carbons (Fsp3) is 0.615. The number of aliphatic imine (C=N–C) groups is 1. The molecule has 32 heavy (non-hydrogen) atoms. The van der Waals surface area contributed by atoms with Gasteiger partial charge in [-0.1, -0.05) is 30.3 Å². The standard InChI is InChI=1S/C26H40N6/c1-27-26(32-17-12-24(21-32)25-19-29-30(2)20-25)28-13-6-7-14-31-15-10-23(11-16-31)18-22-8-4-3-5-9-22/h3-5,8-9,19-20,23-24H,6-7,10-18,21H2,1-2H3,(H,27,28). The van der Waals surface area contributed by atoms with Crippen molar-refractivity contribution in [3.8, 4) is 0 Å². The van der Waals surface area contributed by atoms with E-state index in [0.29, 0.717) is 5.92 Å². The molecule has 1 aromatic carbocycles. The highest BCUT2D eigenvalue weighted by Crippen LogP contribution is 2.26. The van der Waals surface area contributed by atoms with E-state index in [1.54, 1.807) is 0 Å². The topological polar surface area (TPSA) is 48.7 Å². The molecule has 1 unspecified atom stereocenters. The third-order valence-corrected chi connectivity index (χ3v) is 7.15. The highest BCUT2D eigenvalue weighted by molar-refractivity contribution is 5.80. The number of nitrogens with one attached hydrogen (secondary N) is 1. The van der Waals surface area contributed by atoms with Gasteiger partial charge >= 0.3 is 0 Å². The number of unbranched alkanes of at least 4 members (excludes halogenated alkanes) is 1. The number of benzene rings is 1. The molecule has 0 amide bonds. The van der Waals surface area contributed by atoms with Crippen molar-refractivity contribution in [1.82, 2.24) is 24.9 Å². The van der Waals surface area contributed by atoms with Gasteiger partial charge in [-0.15, -0.1) is 0 Å². The van der Waals surface area contributed by atoms with Crippen LogP contribution in [0.3, 0.4) is 0 Å². The third-order valence-electron chi connectivity index (χ3n) is 7.15. The number of guanidine groups is 1. The molecule has 1 aromatic heterocycles. The minimum atomic E-state index is 0.562. The largest absolute Gasteiger partial charge is 0.356 e. The summed E-state index contributed by atoms with van der Waals surface area (Å²) in [5.41, 5.74) is 2.84. The highest BCUT2D eigenvalue weighted by atomic mass is 15.3. The van der Waals surface area contributed by atoms with Crippen molar-refractivity contribution in [2.45, 2.75) is 44.4 Å². The Morgan fingerprint density at radius 2 is 1.91 bits per heavy atom. The molecule has 1 atom stereocenters. The Hall–Kier alpha value is -2.34. The molecule has 174 valence electrons. The second kappa shape index (κ2) is 11.5. The summed E-state index contributed by atoms with van der Waals surface area (Å²) in [5.74, 6) is 2.47. The van der Waals surface area contributed by atoms with Gasteiger partial charge in [0.25, 0.3) is 0 Å². The zero-order chi connectivity index (χ0) is 22.2. The molecule has 0 bridgehead atoms. The van der Waals surface area contributed by atoms with Crippen LogP contribution in [0.4, 0.5) is 0 Å². The molecule has 2 saturated heterocycles. The molecule has 2 aromatic rings. The van der Waals surface area contributed by atoms with E-state index in [1.165, 1.54) is 69.3 Å². The lowest BCUT2D eigenvalue weighted by Crippen LogP contribution is -2.40. The van der Waals surface area contributed by atoms with Gasteiger partial charge in [-0.2, -0.15) is 5.10 Å². The average molecular weight is 437 g/mol. The molecule has 0 spiro atoms. The van der Waals surface area contributed by atoms with E-state index >= 15 is 0 Å². The van der Waals surface area contributed by atoms with Crippen LogP contribution in [0.25, 0.3) is 0 Å². The van der Waals surface area contributed by atoms with Crippen molar-refractivity contribution in [3.05, 3.63) is 53.9 Å². The number of aryl methyl sites for hydroxylation is 1. The molecule has 0 radical (unpaired) electrons. The van der Waals surface area contributed by atoms with Gasteiger partial charge in [0, 0.05) is 45.8 Å². The number of rotatable bonds is 8. The van der Waals surface area contributed by atoms with E-state index in [-0.39, 0.29) is 0 Å². The van der Waals surface area contributed by atoms with Gasteiger partial charge < -0.3 is 15.1 Å². The van der Waals surface area contributed by atoms with Gasteiger partial charge in [-0.05, 0) is 75.2 Å². The first-order chi connectivity index (χ1) is 15.7. The molecule has 2 fully saturated rings. The van der Waals surface area contributed by atoms with Crippen molar-refractivity contribution >= 4 is 5.96 Å². The number of nitrogens with zero attached hydrogens (tertiary/aromatic N) is 5. The quantitative estimate of drug-likeness (QED) is 0.391. The predicted molar refractivity (Wildman–Crippen MR) is 132 cm³/mol. The molecular weight excluding hydrogens is 396 g/mol. The van der Waals surface area contributed by atoms with Crippen LogP contribution >= 0.6 is 0 Å². The smallest absolute Gasteiger partial charge is 0.193 e. The Kier molecular flexibility index (Phi) is 8.21. The first kappa shape index (κ1) is 22.8. The van der Waals surface area contributed by atoms with Crippen molar-refractivity contribution < 1.29 is 0 Å². The SMILES string of the molecule is CN=C(NCCCCN1CCC(Cc2ccccc2)CC1)N1CCC(c2cnn(C)c2)C1. The van der Waals surface area contributed by atoms with E-state index in [9.17, 15) is 0 Å². The van der Waals surface area contributed by atoms with Crippen molar-refractivity contribution in [2.24, 2.45) is 18.0 Å². The van der Waals surface area contributed by atoms with Crippen LogP contribution in [0, 0.1) is 5.92 Å². The summed E-state index contributed by atoms with van der Waals surface area (Å²) < 4.78 is 1.90. The van der Waals surface area contributed by atoms with Crippen LogP contribution in [-0.4, -0.2) is 71.9 Å². The van der Waals surface area contributed by atoms with Gasteiger partial charge in [0.2, 0.25) is 0 Å². The van der Waals surface area contributed by atoms with Crippen molar-refractivity contribution in [2.75, 3.05) is 46.3 Å². The van der Waals surface area contributed by atoms with Crippen molar-refractivity contribution in [3.63, 3.8) is 0 Å². The van der Waals surface area contributed by atoms with Gasteiger partial charge in [0.1, 0.15) is 0 Å². The monoisotopic (exact) mass is 436 g/mol. The summed E-state index contributed by atoms with van der Waals surface area (Å²) in [4.78, 5) is 9.59. The fourth-order valence-electron chi connectivity index (χ4n) is 5.23. The van der Waals surface area contributed by atoms with E-state index in [1.807, 2.05) is 25.0 Å². The van der Waals surface area contributed by atoms with Crippen LogP contribution in [-0.2, 0) is 13.5 Å². The molecule has 3 heterocycles. The summed E-state index contributed by atoms with van der Waals surface area (Å²) in [6.45, 7) is 6.85. The lowest BCUT2D eigenvalue weighted by atomic mass is 9.90. The number of aromatic nitrogens is 2. The number of likely N-dealkylation sites (tertiary alicyclic amines) is 2. The second-order valence-electron chi connectivity index (χ2n) is 9.53. The molecule has 2 aliphatic heterocycles. The van der Waals surface area contributed by atoms with E-state index in [4.69, 9.17) is 0 Å². The summed E-state index contributed by atoms with van der Waals surface area (Å²) in [5, 5.41) is 7.93. The average Bonchev–Trinajstić information content (AvgIpc) is 3.47. The van der Waals surface area contributed by atoms with Gasteiger partial charge in [0.05, 0.1) is 6.20 Å². The maximum absolute atomic E-state index is 4.53. The molecule has 2 aliphatic rings. The second-order valence-corrected chi connectivity index (χ2v) is 9.53. The first-order valence-corrected chi connectivity index (χ1v) is 12.4. The van der Waals surface area contributed by atoms with Gasteiger partial charge in [-0.25, -0.2) is 0 Å². The van der Waals surface area contributed by atoms with E-state index < -0.39 is 0 Å². The lowest BCUT2D eigenvalue weighted by molar-refractivity contribution is 0.181. The van der Waals surface area contributed by atoms with E-state index in [2.05, 4.69) is 61.7 Å². The van der Waals surface area contributed by atoms with Crippen LogP contribution < -0.4 is 5.32 Å². The molecule has 6 nitrogen and oxygen atoms in total. The minimum Gasteiger partial charge on any atom is -0.356 e. The Bertz CT molecular complexity index is 837. The number of piperidine rings is 1. The Morgan fingerprint density at radius 3 is 2.62 bits per heavy atom. The predicted octanol–water partition coefficient (Wildman–Crippen LogP) is 3.52. The number of hydrogen-bond donors (Lipinski definition) is 1. The fourth-order valence-corrected chi connectivity index (χ4v) is 5.23. The normalized spacial score (nSPS) is 20.8. The third kappa shape index (κ3) is 6.35. The molecule has 0 aliphatic carbocycles. The van der Waals surface area contributed by atoms with Gasteiger partial charge in [0.15, 0.2) is 5.96 Å². The van der Waals surface area contributed by atoms with Crippen molar-refractivity contribution in [1.29, 1.82) is 0 Å². The van der Waals surface area contributed by atoms with Crippen LogP contribution in [0.1, 0.15) is 49.1 Å². The molecule has 6 heteroatoms. The number of hydrogen-bond acceptors (Lipinski definition) is 3. The minimum absolute atomic E-state index is 0.562. The Labute approximate surface area is 193 Å². The lowest BCUT2D eigenvalue weighted by Gasteiger charge is -2.32. The zero-order valence-electron chi connectivity index (χ0n) is 19.9. The summed E-state index contributed by atoms with van der Waals surface area (Å²) >= 11 is 0. The summed E-state index contributed by atoms with van der Waals surface area (Å²) in [6, 6.07) is 11.0. The van der Waals surface area contributed by atoms with E-state index in [0.717, 1.165) is 31.5 Å². The van der Waals surface area contributed by atoms with Crippen LogP contribution in [0.5, 0.6) is 0 Å². The zero-order valence-corrected chi connectivity index (χ0v) is 19.9. The maximum Gasteiger partial charge on any atom is 0.193 e. The molecule has 4 rings (SSSR count). The first-order valence-electron chi connectivity index (χ1n) is 12.4. The maximum atomic E-state index is 4.53. The summed E-state index contributed by atoms with van der Waals surface area (Å²) in [6.07, 6.45) is 11.7. The summed E-state index contributed by atoms with van der Waals surface area (Å²) in [7, 11) is 3.89. The Balaban J connectivity index is 1.09. The molecular formula is C26H40N6. The van der Waals surface area contributed by atoms with Gasteiger partial charge in [-0.3, -0.25) is 9.67 Å². The molecule has 1 N–H and O–H groups in total. The molecule has 0 saturated carbocycles. The highest BCUT2D eigenvalue weighted by Gasteiger charge is 2.26.